The van der Waals surface area contributed by atoms with Crippen molar-refractivity contribution in [2.75, 3.05) is 6.54 Å². The van der Waals surface area contributed by atoms with E-state index < -0.39 is 11.9 Å². The summed E-state index contributed by atoms with van der Waals surface area (Å²) in [6.07, 6.45) is 1.29. The molecule has 2 atom stereocenters. The van der Waals surface area contributed by atoms with Crippen LogP contribution in [0.3, 0.4) is 0 Å². The molecule has 1 aliphatic heterocycles. The van der Waals surface area contributed by atoms with Crippen molar-refractivity contribution in [1.29, 1.82) is 0 Å². The third kappa shape index (κ3) is 4.36. The summed E-state index contributed by atoms with van der Waals surface area (Å²) in [7, 11) is 0. The molecule has 2 amide bonds. The van der Waals surface area contributed by atoms with E-state index >= 15 is 0 Å². The van der Waals surface area contributed by atoms with Crippen molar-refractivity contribution < 1.29 is 19.5 Å². The van der Waals surface area contributed by atoms with E-state index in [4.69, 9.17) is 0 Å². The lowest BCUT2D eigenvalue weighted by molar-refractivity contribution is -0.144. The molecule has 1 aromatic carbocycles. The molecule has 2 heterocycles. The van der Waals surface area contributed by atoms with E-state index in [9.17, 15) is 19.5 Å². The second-order valence-electron chi connectivity index (χ2n) is 6.68. The molecule has 0 radical (unpaired) electrons. The second-order valence-corrected chi connectivity index (χ2v) is 7.63. The van der Waals surface area contributed by atoms with Crippen LogP contribution in [0.15, 0.2) is 41.8 Å². The van der Waals surface area contributed by atoms with E-state index in [1.54, 1.807) is 30.0 Å². The quantitative estimate of drug-likeness (QED) is 0.827. The van der Waals surface area contributed by atoms with Crippen LogP contribution in [0.1, 0.15) is 45.4 Å². The fourth-order valence-corrected chi connectivity index (χ4v) is 4.01. The average Bonchev–Trinajstić information content (AvgIpc) is 3.21. The average molecular weight is 386 g/mol. The first kappa shape index (κ1) is 19.1. The molecule has 1 aliphatic rings. The predicted molar refractivity (Wildman–Crippen MR) is 103 cm³/mol. The summed E-state index contributed by atoms with van der Waals surface area (Å²) in [6.45, 7) is 2.75. The summed E-state index contributed by atoms with van der Waals surface area (Å²) < 4.78 is 0. The van der Waals surface area contributed by atoms with Gasteiger partial charge < -0.3 is 15.3 Å². The van der Waals surface area contributed by atoms with Crippen LogP contribution < -0.4 is 5.32 Å². The maximum Gasteiger partial charge on any atom is 0.308 e. The number of hydrogen-bond acceptors (Lipinski definition) is 4. The molecule has 2 aromatic rings. The molecule has 3 rings (SSSR count). The summed E-state index contributed by atoms with van der Waals surface area (Å²) in [5.41, 5.74) is 1.42. The smallest absolute Gasteiger partial charge is 0.308 e. The Morgan fingerprint density at radius 3 is 2.59 bits per heavy atom. The number of carboxylic acid groups (broad SMARTS) is 1. The maximum absolute atomic E-state index is 12.8. The molecule has 0 unspecified atom stereocenters. The van der Waals surface area contributed by atoms with Gasteiger partial charge in [0.05, 0.1) is 10.8 Å². The molecule has 0 saturated carbocycles. The highest BCUT2D eigenvalue weighted by atomic mass is 32.1. The number of amides is 2. The van der Waals surface area contributed by atoms with Crippen LogP contribution in [-0.4, -0.2) is 40.4 Å². The van der Waals surface area contributed by atoms with E-state index in [0.29, 0.717) is 36.4 Å². The van der Waals surface area contributed by atoms with Crippen LogP contribution in [0.4, 0.5) is 0 Å². The number of piperidine rings is 1. The molecule has 2 N–H and O–H groups in total. The Morgan fingerprint density at radius 2 is 1.96 bits per heavy atom. The largest absolute Gasteiger partial charge is 0.481 e. The maximum atomic E-state index is 12.8. The molecule has 0 aliphatic carbocycles. The topological polar surface area (TPSA) is 86.7 Å². The van der Waals surface area contributed by atoms with E-state index in [-0.39, 0.29) is 17.9 Å². The minimum atomic E-state index is -0.850. The number of thiophene rings is 1. The number of nitrogens with zero attached hydrogens (tertiary/aromatic N) is 1. The van der Waals surface area contributed by atoms with E-state index in [2.05, 4.69) is 5.32 Å². The minimum Gasteiger partial charge on any atom is -0.481 e. The Kier molecular flexibility index (Phi) is 5.91. The van der Waals surface area contributed by atoms with Gasteiger partial charge in [0, 0.05) is 24.7 Å². The third-order valence-corrected chi connectivity index (χ3v) is 5.83. The molecule has 0 spiro atoms. The van der Waals surface area contributed by atoms with Gasteiger partial charge in [-0.25, -0.2) is 0 Å². The van der Waals surface area contributed by atoms with Gasteiger partial charge in [0.25, 0.3) is 11.8 Å². The second kappa shape index (κ2) is 8.35. The van der Waals surface area contributed by atoms with Crippen LogP contribution in [0.5, 0.6) is 0 Å². The van der Waals surface area contributed by atoms with E-state index in [1.807, 2.05) is 23.6 Å². The standard InChI is InChI=1S/C20H22N2O4S/c1-13-16(20(25)26)4-2-10-22(13)19(24)15-8-6-14(7-9-15)12-21-18(23)17-5-3-11-27-17/h3,5-9,11,13,16H,2,4,10,12H2,1H3,(H,21,23)(H,25,26)/t13-,16-/m1/s1. The highest BCUT2D eigenvalue weighted by molar-refractivity contribution is 7.12. The van der Waals surface area contributed by atoms with Gasteiger partial charge in [-0.15, -0.1) is 11.3 Å². The molecular formula is C20H22N2O4S. The summed E-state index contributed by atoms with van der Waals surface area (Å²) in [5.74, 6) is -1.64. The molecular weight excluding hydrogens is 364 g/mol. The predicted octanol–water partition coefficient (Wildman–Crippen LogP) is 3.00. The van der Waals surface area contributed by atoms with Crippen molar-refractivity contribution in [2.24, 2.45) is 5.92 Å². The fraction of sp³-hybridized carbons (Fsp3) is 0.350. The van der Waals surface area contributed by atoms with Crippen LogP contribution in [-0.2, 0) is 11.3 Å². The zero-order valence-electron chi connectivity index (χ0n) is 15.1. The number of likely N-dealkylation sites (tertiary alicyclic amines) is 1. The number of benzene rings is 1. The molecule has 7 heteroatoms. The van der Waals surface area contributed by atoms with Gasteiger partial charge in [-0.3, -0.25) is 14.4 Å². The first-order chi connectivity index (χ1) is 13.0. The molecule has 1 saturated heterocycles. The summed E-state index contributed by atoms with van der Waals surface area (Å²) >= 11 is 1.39. The van der Waals surface area contributed by atoms with Gasteiger partial charge in [0.2, 0.25) is 0 Å². The van der Waals surface area contributed by atoms with E-state index in [1.165, 1.54) is 11.3 Å². The molecule has 142 valence electrons. The Bertz CT molecular complexity index is 817. The third-order valence-electron chi connectivity index (χ3n) is 4.97. The van der Waals surface area contributed by atoms with Crippen LogP contribution in [0.2, 0.25) is 0 Å². The summed E-state index contributed by atoms with van der Waals surface area (Å²) in [6, 6.07) is 10.4. The summed E-state index contributed by atoms with van der Waals surface area (Å²) in [4.78, 5) is 38.4. The van der Waals surface area contributed by atoms with Gasteiger partial charge in [-0.1, -0.05) is 18.2 Å². The van der Waals surface area contributed by atoms with Gasteiger partial charge in [-0.05, 0) is 48.9 Å². The molecule has 1 fully saturated rings. The van der Waals surface area contributed by atoms with Crippen molar-refractivity contribution in [3.63, 3.8) is 0 Å². The molecule has 27 heavy (non-hydrogen) atoms. The van der Waals surface area contributed by atoms with Crippen LogP contribution in [0, 0.1) is 5.92 Å². The zero-order valence-corrected chi connectivity index (χ0v) is 15.9. The number of aliphatic carboxylic acids is 1. The minimum absolute atomic E-state index is 0.119. The number of rotatable bonds is 5. The number of carboxylic acids is 1. The normalized spacial score (nSPS) is 19.5. The molecule has 6 nitrogen and oxygen atoms in total. The molecule has 0 bridgehead atoms. The van der Waals surface area contributed by atoms with Crippen LogP contribution >= 0.6 is 11.3 Å². The monoisotopic (exact) mass is 386 g/mol. The first-order valence-corrected chi connectivity index (χ1v) is 9.79. The van der Waals surface area contributed by atoms with Gasteiger partial charge in [0.1, 0.15) is 0 Å². The van der Waals surface area contributed by atoms with Crippen molar-refractivity contribution in [1.82, 2.24) is 10.2 Å². The number of hydrogen-bond donors (Lipinski definition) is 2. The summed E-state index contributed by atoms with van der Waals surface area (Å²) in [5, 5.41) is 14.0. The number of carbonyl (C=O) groups is 3. The fourth-order valence-electron chi connectivity index (χ4n) is 3.37. The van der Waals surface area contributed by atoms with Gasteiger partial charge >= 0.3 is 5.97 Å². The van der Waals surface area contributed by atoms with Crippen molar-refractivity contribution >= 4 is 29.1 Å². The number of carbonyl (C=O) groups excluding carboxylic acids is 2. The number of nitrogens with one attached hydrogen (secondary N) is 1. The first-order valence-electron chi connectivity index (χ1n) is 8.92. The van der Waals surface area contributed by atoms with Crippen molar-refractivity contribution in [3.05, 3.63) is 57.8 Å². The van der Waals surface area contributed by atoms with Crippen LogP contribution in [0.25, 0.3) is 0 Å². The Hall–Kier alpha value is -2.67. The van der Waals surface area contributed by atoms with Crippen molar-refractivity contribution in [2.45, 2.75) is 32.4 Å². The lowest BCUT2D eigenvalue weighted by Gasteiger charge is -2.37. The lowest BCUT2D eigenvalue weighted by atomic mass is 9.90. The SMILES string of the molecule is C[C@@H]1[C@H](C(=O)O)CCCN1C(=O)c1ccc(CNC(=O)c2cccs2)cc1. The van der Waals surface area contributed by atoms with Crippen molar-refractivity contribution in [3.8, 4) is 0 Å². The lowest BCUT2D eigenvalue weighted by Crippen LogP contribution is -2.49. The van der Waals surface area contributed by atoms with Gasteiger partial charge in [-0.2, -0.15) is 0 Å². The highest BCUT2D eigenvalue weighted by Gasteiger charge is 2.35. The Morgan fingerprint density at radius 1 is 1.22 bits per heavy atom. The van der Waals surface area contributed by atoms with E-state index in [0.717, 1.165) is 5.56 Å². The molecule has 1 aromatic heterocycles. The Balaban J connectivity index is 1.61. The zero-order chi connectivity index (χ0) is 19.4. The Labute approximate surface area is 161 Å². The van der Waals surface area contributed by atoms with Gasteiger partial charge in [0.15, 0.2) is 0 Å². The highest BCUT2D eigenvalue weighted by Crippen LogP contribution is 2.25.